The summed E-state index contributed by atoms with van der Waals surface area (Å²) in [6, 6.07) is 11.7. The summed E-state index contributed by atoms with van der Waals surface area (Å²) in [5.41, 5.74) is 2.75. The van der Waals surface area contributed by atoms with Crippen molar-refractivity contribution >= 4 is 11.6 Å². The molecule has 0 aliphatic heterocycles. The Morgan fingerprint density at radius 3 is 2.79 bits per heavy atom. The smallest absolute Gasteiger partial charge is 0.259 e. The molecular weight excluding hydrogens is 304 g/mol. The molecule has 0 aliphatic rings. The SMILES string of the molecule is C=CCN(CCO)C(=O)c1cnn2c(-c3ccccc3)ccnc12. The van der Waals surface area contributed by atoms with Gasteiger partial charge in [0.25, 0.3) is 5.91 Å². The zero-order valence-electron chi connectivity index (χ0n) is 13.2. The lowest BCUT2D eigenvalue weighted by Gasteiger charge is -2.19. The number of fused-ring (bicyclic) bond motifs is 1. The van der Waals surface area contributed by atoms with Gasteiger partial charge in [-0.3, -0.25) is 4.79 Å². The van der Waals surface area contributed by atoms with Crippen molar-refractivity contribution in [2.75, 3.05) is 19.7 Å². The fourth-order valence-corrected chi connectivity index (χ4v) is 2.59. The second-order valence-corrected chi connectivity index (χ2v) is 5.25. The van der Waals surface area contributed by atoms with Crippen molar-refractivity contribution in [3.05, 3.63) is 67.0 Å². The third-order valence-electron chi connectivity index (χ3n) is 3.71. The molecule has 6 nitrogen and oxygen atoms in total. The maximum atomic E-state index is 12.7. The van der Waals surface area contributed by atoms with E-state index in [0.717, 1.165) is 11.3 Å². The van der Waals surface area contributed by atoms with Gasteiger partial charge in [0.1, 0.15) is 5.56 Å². The summed E-state index contributed by atoms with van der Waals surface area (Å²) >= 11 is 0. The number of aliphatic hydroxyl groups excluding tert-OH is 1. The van der Waals surface area contributed by atoms with E-state index in [4.69, 9.17) is 5.11 Å². The third-order valence-corrected chi connectivity index (χ3v) is 3.71. The highest BCUT2D eigenvalue weighted by atomic mass is 16.3. The van der Waals surface area contributed by atoms with Gasteiger partial charge in [-0.1, -0.05) is 36.4 Å². The lowest BCUT2D eigenvalue weighted by molar-refractivity contribution is 0.0744. The van der Waals surface area contributed by atoms with E-state index in [2.05, 4.69) is 16.7 Å². The first-order chi connectivity index (χ1) is 11.8. The monoisotopic (exact) mass is 322 g/mol. The first-order valence-electron chi connectivity index (χ1n) is 7.65. The summed E-state index contributed by atoms with van der Waals surface area (Å²) in [5.74, 6) is -0.225. The number of rotatable bonds is 6. The summed E-state index contributed by atoms with van der Waals surface area (Å²) in [5, 5.41) is 13.5. The number of nitrogens with zero attached hydrogens (tertiary/aromatic N) is 4. The van der Waals surface area contributed by atoms with Crippen LogP contribution in [0.1, 0.15) is 10.4 Å². The first kappa shape index (κ1) is 15.9. The fraction of sp³-hybridized carbons (Fsp3) is 0.167. The molecule has 0 aliphatic carbocycles. The molecule has 1 aromatic carbocycles. The molecular formula is C18H18N4O2. The zero-order chi connectivity index (χ0) is 16.9. The normalized spacial score (nSPS) is 10.7. The third kappa shape index (κ3) is 2.91. The van der Waals surface area contributed by atoms with Crippen molar-refractivity contribution in [1.29, 1.82) is 0 Å². The average molecular weight is 322 g/mol. The van der Waals surface area contributed by atoms with E-state index in [1.165, 1.54) is 11.1 Å². The summed E-state index contributed by atoms with van der Waals surface area (Å²) in [7, 11) is 0. The predicted molar refractivity (Wildman–Crippen MR) is 91.6 cm³/mol. The molecule has 0 saturated carbocycles. The van der Waals surface area contributed by atoms with Crippen LogP contribution >= 0.6 is 0 Å². The van der Waals surface area contributed by atoms with E-state index < -0.39 is 0 Å². The standard InChI is InChI=1S/C18H18N4O2/c1-2-10-21(11-12-23)18(24)15-13-20-22-16(8-9-19-17(15)22)14-6-4-3-5-7-14/h2-9,13,23H,1,10-12H2. The van der Waals surface area contributed by atoms with Crippen molar-refractivity contribution in [1.82, 2.24) is 19.5 Å². The molecule has 0 radical (unpaired) electrons. The molecule has 0 saturated heterocycles. The summed E-state index contributed by atoms with van der Waals surface area (Å²) in [6.45, 7) is 4.13. The number of hydrogen-bond acceptors (Lipinski definition) is 4. The first-order valence-corrected chi connectivity index (χ1v) is 7.65. The second kappa shape index (κ2) is 7.06. The molecule has 2 aromatic heterocycles. The minimum absolute atomic E-state index is 0.110. The Hall–Kier alpha value is -2.99. The van der Waals surface area contributed by atoms with Crippen molar-refractivity contribution in [3.63, 3.8) is 0 Å². The molecule has 0 bridgehead atoms. The molecule has 0 atom stereocenters. The van der Waals surface area contributed by atoms with Gasteiger partial charge in [-0.05, 0) is 6.07 Å². The van der Waals surface area contributed by atoms with Gasteiger partial charge in [-0.25, -0.2) is 9.50 Å². The van der Waals surface area contributed by atoms with Crippen LogP contribution in [0.5, 0.6) is 0 Å². The highest BCUT2D eigenvalue weighted by molar-refractivity contribution is 6.00. The lowest BCUT2D eigenvalue weighted by Crippen LogP contribution is -2.33. The second-order valence-electron chi connectivity index (χ2n) is 5.25. The number of aromatic nitrogens is 3. The number of carbonyl (C=O) groups is 1. The van der Waals surface area contributed by atoms with Gasteiger partial charge in [0.15, 0.2) is 5.65 Å². The highest BCUT2D eigenvalue weighted by Crippen LogP contribution is 2.21. The van der Waals surface area contributed by atoms with Crippen LogP contribution < -0.4 is 0 Å². The van der Waals surface area contributed by atoms with Crippen LogP contribution in [-0.4, -0.2) is 50.2 Å². The number of carbonyl (C=O) groups excluding carboxylic acids is 1. The van der Waals surface area contributed by atoms with Gasteiger partial charge in [0.2, 0.25) is 0 Å². The quantitative estimate of drug-likeness (QED) is 0.705. The maximum Gasteiger partial charge on any atom is 0.259 e. The molecule has 0 spiro atoms. The van der Waals surface area contributed by atoms with Crippen LogP contribution in [-0.2, 0) is 0 Å². The molecule has 122 valence electrons. The molecule has 3 rings (SSSR count). The Balaban J connectivity index is 2.05. The van der Waals surface area contributed by atoms with Crippen molar-refractivity contribution in [2.24, 2.45) is 0 Å². The fourth-order valence-electron chi connectivity index (χ4n) is 2.59. The molecule has 0 fully saturated rings. The summed E-state index contributed by atoms with van der Waals surface area (Å²) in [4.78, 5) is 18.6. The Morgan fingerprint density at radius 1 is 1.29 bits per heavy atom. The Bertz CT molecular complexity index is 858. The van der Waals surface area contributed by atoms with E-state index in [9.17, 15) is 4.79 Å². The molecule has 3 aromatic rings. The van der Waals surface area contributed by atoms with Gasteiger partial charge in [0, 0.05) is 24.8 Å². The van der Waals surface area contributed by atoms with Gasteiger partial charge >= 0.3 is 0 Å². The van der Waals surface area contributed by atoms with E-state index in [1.807, 2.05) is 36.4 Å². The summed E-state index contributed by atoms with van der Waals surface area (Å²) in [6.07, 6.45) is 4.81. The molecule has 2 heterocycles. The van der Waals surface area contributed by atoms with Crippen LogP contribution in [0.4, 0.5) is 0 Å². The molecule has 1 amide bonds. The Labute approximate surface area is 139 Å². The number of hydrogen-bond donors (Lipinski definition) is 1. The predicted octanol–water partition coefficient (Wildman–Crippen LogP) is 2.02. The van der Waals surface area contributed by atoms with Crippen molar-refractivity contribution in [3.8, 4) is 11.3 Å². The molecule has 1 N–H and O–H groups in total. The van der Waals surface area contributed by atoms with Crippen LogP contribution in [0.25, 0.3) is 16.9 Å². The minimum Gasteiger partial charge on any atom is -0.395 e. The number of benzene rings is 1. The van der Waals surface area contributed by atoms with Crippen molar-refractivity contribution in [2.45, 2.75) is 0 Å². The zero-order valence-corrected chi connectivity index (χ0v) is 13.2. The summed E-state index contributed by atoms with van der Waals surface area (Å²) < 4.78 is 1.66. The Morgan fingerprint density at radius 2 is 2.08 bits per heavy atom. The van der Waals surface area contributed by atoms with Crippen LogP contribution in [0.2, 0.25) is 0 Å². The van der Waals surface area contributed by atoms with Crippen LogP contribution in [0, 0.1) is 0 Å². The number of amides is 1. The van der Waals surface area contributed by atoms with E-state index in [1.54, 1.807) is 16.8 Å². The largest absolute Gasteiger partial charge is 0.395 e. The topological polar surface area (TPSA) is 70.7 Å². The van der Waals surface area contributed by atoms with Crippen LogP contribution in [0.3, 0.4) is 0 Å². The van der Waals surface area contributed by atoms with E-state index in [0.29, 0.717) is 17.8 Å². The molecule has 24 heavy (non-hydrogen) atoms. The van der Waals surface area contributed by atoms with Gasteiger partial charge in [-0.15, -0.1) is 6.58 Å². The molecule has 6 heteroatoms. The van der Waals surface area contributed by atoms with Gasteiger partial charge < -0.3 is 10.0 Å². The number of aliphatic hydroxyl groups is 1. The van der Waals surface area contributed by atoms with E-state index in [-0.39, 0.29) is 19.1 Å². The highest BCUT2D eigenvalue weighted by Gasteiger charge is 2.20. The lowest BCUT2D eigenvalue weighted by atomic mass is 10.1. The van der Waals surface area contributed by atoms with Crippen LogP contribution in [0.15, 0.2) is 61.4 Å². The Kier molecular flexibility index (Phi) is 4.67. The average Bonchev–Trinajstić information content (AvgIpc) is 3.06. The maximum absolute atomic E-state index is 12.7. The minimum atomic E-state index is -0.225. The van der Waals surface area contributed by atoms with Gasteiger partial charge in [-0.2, -0.15) is 5.10 Å². The van der Waals surface area contributed by atoms with E-state index >= 15 is 0 Å². The van der Waals surface area contributed by atoms with Crippen molar-refractivity contribution < 1.29 is 9.90 Å². The van der Waals surface area contributed by atoms with Gasteiger partial charge in [0.05, 0.1) is 18.5 Å². The molecule has 0 unspecified atom stereocenters.